The Balaban J connectivity index is 1.85. The van der Waals surface area contributed by atoms with Crippen molar-refractivity contribution in [2.45, 2.75) is 50.9 Å². The number of hydrogen-bond acceptors (Lipinski definition) is 4. The summed E-state index contributed by atoms with van der Waals surface area (Å²) in [5.41, 5.74) is -0.922. The van der Waals surface area contributed by atoms with Gasteiger partial charge in [-0.05, 0) is 38.7 Å². The number of aromatic nitrogens is 1. The summed E-state index contributed by atoms with van der Waals surface area (Å²) in [6.07, 6.45) is -0.775. The van der Waals surface area contributed by atoms with Crippen molar-refractivity contribution in [1.29, 1.82) is 0 Å². The van der Waals surface area contributed by atoms with Crippen LogP contribution in [0, 0.1) is 0 Å². The van der Waals surface area contributed by atoms with E-state index in [0.29, 0.717) is 18.7 Å². The van der Waals surface area contributed by atoms with Crippen LogP contribution in [0.25, 0.3) is 0 Å². The first-order chi connectivity index (χ1) is 12.8. The standard InChI is InChI=1S/C17H24ClF3N4O2/c1-2-22-16(25-12-3-5-13(26)6-4-12)23-7-8-27-15-14(18)9-11(10-24-15)17(19,20)21/h9-10,12-13,26H,2-8H2,1H3,(H2,22,23,25). The van der Waals surface area contributed by atoms with Gasteiger partial charge in [-0.25, -0.2) is 9.98 Å². The normalized spacial score (nSPS) is 21.0. The van der Waals surface area contributed by atoms with E-state index in [-0.39, 0.29) is 36.2 Å². The van der Waals surface area contributed by atoms with E-state index in [9.17, 15) is 18.3 Å². The first-order valence-electron chi connectivity index (χ1n) is 8.88. The van der Waals surface area contributed by atoms with E-state index in [1.54, 1.807) is 0 Å². The third kappa shape index (κ3) is 7.06. The molecule has 0 aromatic carbocycles. The summed E-state index contributed by atoms with van der Waals surface area (Å²) < 4.78 is 43.1. The van der Waals surface area contributed by atoms with Crippen LogP contribution in [0.1, 0.15) is 38.2 Å². The van der Waals surface area contributed by atoms with Crippen LogP contribution >= 0.6 is 11.6 Å². The molecule has 0 radical (unpaired) electrons. The summed E-state index contributed by atoms with van der Waals surface area (Å²) in [5, 5.41) is 15.8. The van der Waals surface area contributed by atoms with Crippen LogP contribution in [0.4, 0.5) is 13.2 Å². The molecule has 0 amide bonds. The highest BCUT2D eigenvalue weighted by Crippen LogP contribution is 2.33. The molecule has 1 aromatic heterocycles. The monoisotopic (exact) mass is 408 g/mol. The zero-order chi connectivity index (χ0) is 19.9. The molecule has 1 saturated carbocycles. The Labute approximate surface area is 161 Å². The van der Waals surface area contributed by atoms with Gasteiger partial charge in [-0.15, -0.1) is 0 Å². The van der Waals surface area contributed by atoms with Crippen molar-refractivity contribution in [1.82, 2.24) is 15.6 Å². The van der Waals surface area contributed by atoms with Gasteiger partial charge in [-0.2, -0.15) is 13.2 Å². The lowest BCUT2D eigenvalue weighted by Gasteiger charge is -2.27. The number of pyridine rings is 1. The maximum absolute atomic E-state index is 12.6. The van der Waals surface area contributed by atoms with E-state index in [1.807, 2.05) is 6.92 Å². The summed E-state index contributed by atoms with van der Waals surface area (Å²) in [4.78, 5) is 8.01. The van der Waals surface area contributed by atoms with Gasteiger partial charge in [0.2, 0.25) is 5.88 Å². The van der Waals surface area contributed by atoms with Crippen molar-refractivity contribution < 1.29 is 23.0 Å². The van der Waals surface area contributed by atoms with E-state index in [2.05, 4.69) is 20.6 Å². The lowest BCUT2D eigenvalue weighted by atomic mass is 9.93. The number of rotatable bonds is 6. The summed E-state index contributed by atoms with van der Waals surface area (Å²) in [6.45, 7) is 3.04. The number of aliphatic hydroxyl groups excluding tert-OH is 1. The van der Waals surface area contributed by atoms with Crippen LogP contribution in [-0.2, 0) is 6.18 Å². The molecule has 0 bridgehead atoms. The van der Waals surface area contributed by atoms with Gasteiger partial charge in [0.15, 0.2) is 5.96 Å². The van der Waals surface area contributed by atoms with Crippen LogP contribution in [0.15, 0.2) is 17.3 Å². The quantitative estimate of drug-likeness (QED) is 0.383. The number of alkyl halides is 3. The van der Waals surface area contributed by atoms with Crippen molar-refractivity contribution in [2.24, 2.45) is 4.99 Å². The van der Waals surface area contributed by atoms with Gasteiger partial charge in [-0.1, -0.05) is 11.6 Å². The van der Waals surface area contributed by atoms with Crippen molar-refractivity contribution in [2.75, 3.05) is 19.7 Å². The first kappa shape index (κ1) is 21.6. The second-order valence-corrected chi connectivity index (χ2v) is 6.67. The molecule has 1 heterocycles. The summed E-state index contributed by atoms with van der Waals surface area (Å²) in [7, 11) is 0. The van der Waals surface area contributed by atoms with Gasteiger partial charge < -0.3 is 20.5 Å². The molecule has 0 unspecified atom stereocenters. The van der Waals surface area contributed by atoms with Gasteiger partial charge in [0, 0.05) is 18.8 Å². The van der Waals surface area contributed by atoms with Crippen LogP contribution in [0.3, 0.4) is 0 Å². The molecule has 0 saturated heterocycles. The Morgan fingerprint density at radius 3 is 2.67 bits per heavy atom. The Kier molecular flexibility index (Phi) is 7.97. The molecule has 27 heavy (non-hydrogen) atoms. The molecule has 152 valence electrons. The second kappa shape index (κ2) is 9.98. The third-order valence-corrected chi connectivity index (χ3v) is 4.39. The van der Waals surface area contributed by atoms with Gasteiger partial charge in [0.25, 0.3) is 0 Å². The van der Waals surface area contributed by atoms with Crippen LogP contribution in [0.2, 0.25) is 5.02 Å². The molecule has 1 aromatic rings. The second-order valence-electron chi connectivity index (χ2n) is 6.27. The molecular formula is C17H24ClF3N4O2. The predicted octanol–water partition coefficient (Wildman–Crippen LogP) is 2.99. The number of ether oxygens (including phenoxy) is 1. The smallest absolute Gasteiger partial charge is 0.417 e. The van der Waals surface area contributed by atoms with E-state index in [1.165, 1.54) is 0 Å². The highest BCUT2D eigenvalue weighted by Gasteiger charge is 2.31. The minimum absolute atomic E-state index is 0.0564. The highest BCUT2D eigenvalue weighted by atomic mass is 35.5. The number of hydrogen-bond donors (Lipinski definition) is 3. The van der Waals surface area contributed by atoms with Crippen LogP contribution in [-0.4, -0.2) is 47.9 Å². The number of halogens is 4. The largest absolute Gasteiger partial charge is 0.475 e. The zero-order valence-electron chi connectivity index (χ0n) is 15.0. The minimum atomic E-state index is -4.50. The van der Waals surface area contributed by atoms with E-state index >= 15 is 0 Å². The molecule has 0 aliphatic heterocycles. The molecule has 3 N–H and O–H groups in total. The maximum Gasteiger partial charge on any atom is 0.417 e. The molecular weight excluding hydrogens is 385 g/mol. The minimum Gasteiger partial charge on any atom is -0.475 e. The van der Waals surface area contributed by atoms with E-state index < -0.39 is 11.7 Å². The van der Waals surface area contributed by atoms with Gasteiger partial charge in [0.05, 0.1) is 18.2 Å². The average molecular weight is 409 g/mol. The number of guanidine groups is 1. The van der Waals surface area contributed by atoms with Gasteiger partial charge in [0.1, 0.15) is 11.6 Å². The topological polar surface area (TPSA) is 78.8 Å². The van der Waals surface area contributed by atoms with E-state index in [4.69, 9.17) is 16.3 Å². The molecule has 6 nitrogen and oxygen atoms in total. The van der Waals surface area contributed by atoms with Crippen LogP contribution in [0.5, 0.6) is 5.88 Å². The maximum atomic E-state index is 12.6. The first-order valence-corrected chi connectivity index (χ1v) is 9.25. The number of aliphatic imine (C=N–C) groups is 1. The third-order valence-electron chi connectivity index (χ3n) is 4.12. The summed E-state index contributed by atoms with van der Waals surface area (Å²) in [6, 6.07) is 1.04. The van der Waals surface area contributed by atoms with Gasteiger partial charge in [-0.3, -0.25) is 0 Å². The Morgan fingerprint density at radius 2 is 2.07 bits per heavy atom. The molecule has 0 atom stereocenters. The average Bonchev–Trinajstić information content (AvgIpc) is 2.61. The predicted molar refractivity (Wildman–Crippen MR) is 97.1 cm³/mol. The number of aliphatic hydroxyl groups is 1. The molecule has 10 heteroatoms. The fourth-order valence-corrected chi connectivity index (χ4v) is 2.94. The zero-order valence-corrected chi connectivity index (χ0v) is 15.8. The fraction of sp³-hybridized carbons (Fsp3) is 0.647. The van der Waals surface area contributed by atoms with Crippen molar-refractivity contribution in [3.05, 3.63) is 22.8 Å². The molecule has 1 aliphatic rings. The Morgan fingerprint density at radius 1 is 1.37 bits per heavy atom. The van der Waals surface area contributed by atoms with Crippen molar-refractivity contribution in [3.63, 3.8) is 0 Å². The fourth-order valence-electron chi connectivity index (χ4n) is 2.72. The van der Waals surface area contributed by atoms with Crippen molar-refractivity contribution >= 4 is 17.6 Å². The lowest BCUT2D eigenvalue weighted by Crippen LogP contribution is -2.45. The molecule has 2 rings (SSSR count). The highest BCUT2D eigenvalue weighted by molar-refractivity contribution is 6.31. The van der Waals surface area contributed by atoms with Crippen LogP contribution < -0.4 is 15.4 Å². The summed E-state index contributed by atoms with van der Waals surface area (Å²) >= 11 is 5.80. The Hall–Kier alpha value is -1.74. The summed E-state index contributed by atoms with van der Waals surface area (Å²) in [5.74, 6) is 0.577. The SMILES string of the molecule is CCNC(=NCCOc1ncc(C(F)(F)F)cc1Cl)NC1CCC(O)CC1. The van der Waals surface area contributed by atoms with Gasteiger partial charge >= 0.3 is 6.18 Å². The Bertz CT molecular complexity index is 635. The van der Waals surface area contributed by atoms with Crippen molar-refractivity contribution in [3.8, 4) is 5.88 Å². The molecule has 0 spiro atoms. The molecule has 1 fully saturated rings. The number of nitrogens with zero attached hydrogens (tertiary/aromatic N) is 2. The van der Waals surface area contributed by atoms with E-state index in [0.717, 1.165) is 31.7 Å². The number of nitrogens with one attached hydrogen (secondary N) is 2. The lowest BCUT2D eigenvalue weighted by molar-refractivity contribution is -0.137. The molecule has 1 aliphatic carbocycles.